The predicted molar refractivity (Wildman–Crippen MR) is 237 cm³/mol. The van der Waals surface area contributed by atoms with E-state index in [0.29, 0.717) is 64.2 Å². The third-order valence-corrected chi connectivity index (χ3v) is 14.0. The summed E-state index contributed by atoms with van der Waals surface area (Å²) >= 11 is 8.16. The van der Waals surface area contributed by atoms with Gasteiger partial charge in [0.05, 0.1) is 24.7 Å². The van der Waals surface area contributed by atoms with Crippen LogP contribution in [0.3, 0.4) is 0 Å². The number of piperidine rings is 2. The highest BCUT2D eigenvalue weighted by atomic mass is 35.5. The van der Waals surface area contributed by atoms with E-state index in [0.717, 1.165) is 67.1 Å². The van der Waals surface area contributed by atoms with Crippen molar-refractivity contribution in [3.05, 3.63) is 83.0 Å². The first-order valence-corrected chi connectivity index (χ1v) is 24.2. The molecule has 2 saturated heterocycles. The van der Waals surface area contributed by atoms with E-state index >= 15 is 0 Å². The molecule has 3 aliphatic rings. The number of hydrogen-bond donors (Lipinski definition) is 4. The topological polar surface area (TPSA) is 175 Å². The zero-order valence-electron chi connectivity index (χ0n) is 34.0. The van der Waals surface area contributed by atoms with Gasteiger partial charge in [0, 0.05) is 66.0 Å². The van der Waals surface area contributed by atoms with E-state index in [-0.39, 0.29) is 30.2 Å². The van der Waals surface area contributed by atoms with Gasteiger partial charge >= 0.3 is 0 Å². The molecule has 0 saturated carbocycles. The standard InChI is InChI=1S/C43H50ClN8O6PS/c1-58-35-24-28(15-16-32(35)48-43-45-25-31(44)40(50-43)47-33-11-6-7-12-36(33)59(2,3)57)51-21-19-27(20-22-51)46-38(53)14-5-4-8-23-60-37-13-9-10-29-30(37)26-52(42(29)56)34-17-18-39(54)49-41(34)55/h6-7,9-13,15-16,24-25,27,34H,4-5,8,14,17-23,26H2,1-3H3,(H,46,53)(H,49,54,55)(H2,45,47,48,50). The SMILES string of the molecule is COc1cc(N2CCC(NC(=O)CCCCCSc3cccc4c3CN(C3CCC(=O)NC3=O)C4=O)CC2)ccc1Nc1ncc(Cl)c(Nc2ccccc2P(C)(C)=O)n1. The maximum atomic E-state index is 13.1. The van der Waals surface area contributed by atoms with E-state index in [9.17, 15) is 23.7 Å². The Balaban J connectivity index is 0.832. The van der Waals surface area contributed by atoms with Crippen LogP contribution >= 0.6 is 30.5 Å². The molecule has 4 aromatic rings. The van der Waals surface area contributed by atoms with Crippen molar-refractivity contribution >= 4 is 88.3 Å². The third-order valence-electron chi connectivity index (χ3n) is 11.0. The van der Waals surface area contributed by atoms with Crippen LogP contribution in [0, 0.1) is 0 Å². The van der Waals surface area contributed by atoms with Gasteiger partial charge in [-0.15, -0.1) is 11.8 Å². The second-order valence-electron chi connectivity index (χ2n) is 15.6. The van der Waals surface area contributed by atoms with Crippen LogP contribution in [0.4, 0.5) is 28.8 Å². The first kappa shape index (κ1) is 43.0. The molecule has 4 amide bonds. The van der Waals surface area contributed by atoms with Gasteiger partial charge in [-0.05, 0) is 93.1 Å². The Kier molecular flexibility index (Phi) is 13.7. The van der Waals surface area contributed by atoms with E-state index in [1.807, 2.05) is 54.6 Å². The lowest BCUT2D eigenvalue weighted by molar-refractivity contribution is -0.137. The van der Waals surface area contributed by atoms with E-state index in [1.165, 1.54) is 6.20 Å². The fourth-order valence-electron chi connectivity index (χ4n) is 7.81. The number of unbranched alkanes of at least 4 members (excludes halogenated alkanes) is 2. The highest BCUT2D eigenvalue weighted by Gasteiger charge is 2.39. The molecule has 7 rings (SSSR count). The van der Waals surface area contributed by atoms with Gasteiger partial charge in [-0.3, -0.25) is 24.5 Å². The van der Waals surface area contributed by atoms with E-state index < -0.39 is 19.1 Å². The number of hydrogen-bond acceptors (Lipinski definition) is 12. The fourth-order valence-corrected chi connectivity index (χ4v) is 10.2. The van der Waals surface area contributed by atoms with Crippen LogP contribution < -0.4 is 36.2 Å². The number of methoxy groups -OCH3 is 1. The molecular weight excluding hydrogens is 823 g/mol. The second kappa shape index (κ2) is 19.1. The monoisotopic (exact) mass is 872 g/mol. The molecule has 1 aromatic heterocycles. The highest BCUT2D eigenvalue weighted by molar-refractivity contribution is 7.99. The Morgan fingerprint density at radius 2 is 1.78 bits per heavy atom. The van der Waals surface area contributed by atoms with Crippen LogP contribution in [0.25, 0.3) is 0 Å². The molecule has 3 aromatic carbocycles. The number of nitrogens with zero attached hydrogens (tertiary/aromatic N) is 4. The quantitative estimate of drug-likeness (QED) is 0.0391. The first-order valence-electron chi connectivity index (χ1n) is 20.2. The largest absolute Gasteiger partial charge is 0.494 e. The molecule has 2 fully saturated rings. The zero-order valence-corrected chi connectivity index (χ0v) is 36.4. The van der Waals surface area contributed by atoms with Gasteiger partial charge in [0.25, 0.3) is 5.91 Å². The summed E-state index contributed by atoms with van der Waals surface area (Å²) < 4.78 is 18.6. The van der Waals surface area contributed by atoms with Gasteiger partial charge < -0.3 is 35.1 Å². The number of halogens is 1. The molecule has 1 unspecified atom stereocenters. The van der Waals surface area contributed by atoms with Crippen molar-refractivity contribution in [2.24, 2.45) is 0 Å². The van der Waals surface area contributed by atoms with Gasteiger partial charge in [-0.25, -0.2) is 4.98 Å². The van der Waals surface area contributed by atoms with Gasteiger partial charge in [-0.2, -0.15) is 4.98 Å². The number of imide groups is 1. The molecule has 17 heteroatoms. The number of fused-ring (bicyclic) bond motifs is 1. The summed E-state index contributed by atoms with van der Waals surface area (Å²) in [6.45, 7) is 5.38. The lowest BCUT2D eigenvalue weighted by Crippen LogP contribution is -2.52. The molecule has 316 valence electrons. The molecule has 4 N–H and O–H groups in total. The molecule has 60 heavy (non-hydrogen) atoms. The summed E-state index contributed by atoms with van der Waals surface area (Å²) in [5, 5.41) is 13.1. The first-order chi connectivity index (χ1) is 28.9. The summed E-state index contributed by atoms with van der Waals surface area (Å²) in [5.41, 5.74) is 3.92. The summed E-state index contributed by atoms with van der Waals surface area (Å²) in [6.07, 6.45) is 6.88. The number of thioether (sulfide) groups is 1. The van der Waals surface area contributed by atoms with E-state index in [4.69, 9.17) is 16.3 Å². The van der Waals surface area contributed by atoms with Crippen molar-refractivity contribution in [1.82, 2.24) is 25.5 Å². The van der Waals surface area contributed by atoms with Crippen molar-refractivity contribution in [1.29, 1.82) is 0 Å². The van der Waals surface area contributed by atoms with Crippen LogP contribution in [0.1, 0.15) is 67.3 Å². The van der Waals surface area contributed by atoms with E-state index in [2.05, 4.69) is 36.1 Å². The Bertz CT molecular complexity index is 2320. The number of rotatable bonds is 16. The van der Waals surface area contributed by atoms with Crippen LogP contribution in [0.15, 0.2) is 71.8 Å². The highest BCUT2D eigenvalue weighted by Crippen LogP contribution is 2.39. The number of ether oxygens (including phenoxy) is 1. The fraction of sp³-hybridized carbons (Fsp3) is 0.395. The Hall–Kier alpha value is -5.11. The molecule has 0 spiro atoms. The third kappa shape index (κ3) is 10.2. The van der Waals surface area contributed by atoms with Gasteiger partial charge in [0.15, 0.2) is 5.82 Å². The number of carbonyl (C=O) groups is 4. The van der Waals surface area contributed by atoms with Crippen molar-refractivity contribution in [2.45, 2.75) is 74.9 Å². The number of amides is 4. The predicted octanol–water partition coefficient (Wildman–Crippen LogP) is 7.07. The summed E-state index contributed by atoms with van der Waals surface area (Å²) in [4.78, 5) is 63.9. The second-order valence-corrected chi connectivity index (χ2v) is 20.3. The molecule has 0 radical (unpaired) electrons. The molecule has 4 heterocycles. The molecular formula is C43H50ClN8O6PS. The molecule has 3 aliphatic heterocycles. The lowest BCUT2D eigenvalue weighted by Gasteiger charge is -2.34. The number of nitrogens with one attached hydrogen (secondary N) is 4. The number of aromatic nitrogens is 2. The molecule has 1 atom stereocenters. The smallest absolute Gasteiger partial charge is 0.255 e. The minimum absolute atomic E-state index is 0.0776. The zero-order chi connectivity index (χ0) is 42.4. The van der Waals surface area contributed by atoms with Crippen LogP contribution in [0.5, 0.6) is 5.75 Å². The van der Waals surface area contributed by atoms with Crippen molar-refractivity contribution in [3.63, 3.8) is 0 Å². The minimum Gasteiger partial charge on any atom is -0.494 e. The van der Waals surface area contributed by atoms with Crippen molar-refractivity contribution < 1.29 is 28.5 Å². The average molecular weight is 873 g/mol. The Labute approximate surface area is 359 Å². The molecule has 0 aliphatic carbocycles. The summed E-state index contributed by atoms with van der Waals surface area (Å²) in [6, 6.07) is 18.5. The van der Waals surface area contributed by atoms with Gasteiger partial charge in [0.1, 0.15) is 24.0 Å². The molecule has 0 bridgehead atoms. The summed E-state index contributed by atoms with van der Waals surface area (Å²) in [5.74, 6) is 1.38. The minimum atomic E-state index is -2.56. The maximum absolute atomic E-state index is 13.1. The van der Waals surface area contributed by atoms with Gasteiger partial charge in [-0.1, -0.05) is 36.2 Å². The van der Waals surface area contributed by atoms with Crippen molar-refractivity contribution in [3.8, 4) is 5.75 Å². The van der Waals surface area contributed by atoms with Crippen LogP contribution in [-0.2, 0) is 25.5 Å². The van der Waals surface area contributed by atoms with Crippen LogP contribution in [-0.4, -0.2) is 89.9 Å². The Morgan fingerprint density at radius 3 is 2.55 bits per heavy atom. The Morgan fingerprint density at radius 1 is 0.983 bits per heavy atom. The number of anilines is 5. The van der Waals surface area contributed by atoms with Crippen LogP contribution in [0.2, 0.25) is 5.02 Å². The van der Waals surface area contributed by atoms with Crippen molar-refractivity contribution in [2.75, 3.05) is 54.8 Å². The maximum Gasteiger partial charge on any atom is 0.255 e. The molecule has 14 nitrogen and oxygen atoms in total. The number of carbonyl (C=O) groups excluding carboxylic acids is 4. The van der Waals surface area contributed by atoms with Gasteiger partial charge in [0.2, 0.25) is 23.7 Å². The average Bonchev–Trinajstić information content (AvgIpc) is 3.56. The number of para-hydroxylation sites is 1. The van der Waals surface area contributed by atoms with E-state index in [1.54, 1.807) is 43.2 Å². The lowest BCUT2D eigenvalue weighted by atomic mass is 10.0. The normalized spacial score (nSPS) is 17.0. The number of benzene rings is 3. The summed E-state index contributed by atoms with van der Waals surface area (Å²) in [7, 11) is -0.945.